The average Bonchev–Trinajstić information content (AvgIpc) is 2.87. The molecule has 2 N–H and O–H groups in total. The van der Waals surface area contributed by atoms with Crippen LogP contribution in [0.1, 0.15) is 30.6 Å². The van der Waals surface area contributed by atoms with Crippen LogP contribution in [0.2, 0.25) is 5.02 Å². The lowest BCUT2D eigenvalue weighted by molar-refractivity contribution is 0.0696. The van der Waals surface area contributed by atoms with Gasteiger partial charge in [-0.25, -0.2) is 22.3 Å². The van der Waals surface area contributed by atoms with Crippen molar-refractivity contribution in [3.05, 3.63) is 28.5 Å². The molecule has 0 saturated heterocycles. The quantitative estimate of drug-likeness (QED) is 0.891. The molecular formula is C12H13ClFNO4S. The molecule has 1 aliphatic rings. The summed E-state index contributed by atoms with van der Waals surface area (Å²) in [5.41, 5.74) is -0.727. The monoisotopic (exact) mass is 321 g/mol. The van der Waals surface area contributed by atoms with Gasteiger partial charge >= 0.3 is 5.97 Å². The Bertz CT molecular complexity index is 687. The van der Waals surface area contributed by atoms with Gasteiger partial charge in [-0.3, -0.25) is 0 Å². The number of halogens is 2. The Morgan fingerprint density at radius 3 is 2.50 bits per heavy atom. The lowest BCUT2D eigenvalue weighted by Gasteiger charge is -2.10. The Labute approximate surface area is 120 Å². The third kappa shape index (κ3) is 2.79. The summed E-state index contributed by atoms with van der Waals surface area (Å²) in [4.78, 5) is 10.5. The summed E-state index contributed by atoms with van der Waals surface area (Å²) in [7, 11) is -3.98. The van der Waals surface area contributed by atoms with Crippen LogP contribution in [0.15, 0.2) is 17.0 Å². The highest BCUT2D eigenvalue weighted by molar-refractivity contribution is 7.89. The number of benzene rings is 1. The normalized spacial score (nSPS) is 20.7. The van der Waals surface area contributed by atoms with E-state index in [9.17, 15) is 17.6 Å². The molecule has 0 aliphatic heterocycles. The molecule has 1 aromatic rings. The minimum atomic E-state index is -3.98. The van der Waals surface area contributed by atoms with Crippen LogP contribution >= 0.6 is 11.6 Å². The molecule has 20 heavy (non-hydrogen) atoms. The van der Waals surface area contributed by atoms with Crippen molar-refractivity contribution in [1.29, 1.82) is 0 Å². The molecule has 0 heterocycles. The van der Waals surface area contributed by atoms with Gasteiger partial charge < -0.3 is 5.11 Å². The van der Waals surface area contributed by atoms with Crippen molar-refractivity contribution in [2.24, 2.45) is 5.41 Å². The highest BCUT2D eigenvalue weighted by atomic mass is 35.5. The summed E-state index contributed by atoms with van der Waals surface area (Å²) in [5, 5.41) is 8.28. The van der Waals surface area contributed by atoms with Crippen LogP contribution in [0.5, 0.6) is 0 Å². The lowest BCUT2D eigenvalue weighted by Crippen LogP contribution is -2.28. The van der Waals surface area contributed by atoms with E-state index in [1.165, 1.54) is 0 Å². The zero-order chi connectivity index (χ0) is 15.3. The van der Waals surface area contributed by atoms with Crippen LogP contribution in [0.25, 0.3) is 0 Å². The standard InChI is InChI=1S/C12H13ClFNO4S/c1-12(2)5-9(12)15-20(18,19)6-3-7(11(16)17)10(13)8(14)4-6/h3-4,9,15H,5H2,1-2H3,(H,16,17). The van der Waals surface area contributed by atoms with Crippen molar-refractivity contribution in [3.8, 4) is 0 Å². The van der Waals surface area contributed by atoms with E-state index < -0.39 is 37.3 Å². The van der Waals surface area contributed by atoms with E-state index in [0.29, 0.717) is 12.5 Å². The second-order valence-corrected chi connectivity index (χ2v) is 7.53. The number of sulfonamides is 1. The number of hydrogen-bond donors (Lipinski definition) is 2. The van der Waals surface area contributed by atoms with Gasteiger partial charge in [-0.2, -0.15) is 0 Å². The minimum Gasteiger partial charge on any atom is -0.478 e. The summed E-state index contributed by atoms with van der Waals surface area (Å²) in [5.74, 6) is -2.57. The Kier molecular flexibility index (Phi) is 3.56. The van der Waals surface area contributed by atoms with Gasteiger partial charge in [-0.15, -0.1) is 0 Å². The fourth-order valence-electron chi connectivity index (χ4n) is 1.80. The Morgan fingerprint density at radius 2 is 2.05 bits per heavy atom. The van der Waals surface area contributed by atoms with Crippen molar-refractivity contribution in [3.63, 3.8) is 0 Å². The number of carboxylic acids is 1. The van der Waals surface area contributed by atoms with Crippen LogP contribution in [0.4, 0.5) is 4.39 Å². The Balaban J connectivity index is 2.40. The third-order valence-corrected chi connectivity index (χ3v) is 5.19. The molecule has 0 aromatic heterocycles. The van der Waals surface area contributed by atoms with E-state index in [4.69, 9.17) is 16.7 Å². The van der Waals surface area contributed by atoms with E-state index in [0.717, 1.165) is 6.07 Å². The number of carbonyl (C=O) groups is 1. The van der Waals surface area contributed by atoms with Gasteiger partial charge in [-0.1, -0.05) is 25.4 Å². The first-order valence-corrected chi connectivity index (χ1v) is 7.65. The van der Waals surface area contributed by atoms with Crippen LogP contribution in [-0.4, -0.2) is 25.5 Å². The predicted molar refractivity (Wildman–Crippen MR) is 70.9 cm³/mol. The van der Waals surface area contributed by atoms with Gasteiger partial charge in [0.1, 0.15) is 5.82 Å². The highest BCUT2D eigenvalue weighted by Crippen LogP contribution is 2.45. The van der Waals surface area contributed by atoms with Crippen LogP contribution in [0, 0.1) is 11.2 Å². The first-order valence-electron chi connectivity index (χ1n) is 5.79. The summed E-state index contributed by atoms with van der Waals surface area (Å²) in [6.07, 6.45) is 0.675. The lowest BCUT2D eigenvalue weighted by atomic mass is 10.2. The molecule has 0 amide bonds. The predicted octanol–water partition coefficient (Wildman–Crippen LogP) is 2.25. The first-order chi connectivity index (χ1) is 9.04. The van der Waals surface area contributed by atoms with Gasteiger partial charge in [0.25, 0.3) is 0 Å². The number of aromatic carboxylic acids is 1. The van der Waals surface area contributed by atoms with Gasteiger partial charge in [-0.05, 0) is 24.0 Å². The largest absolute Gasteiger partial charge is 0.478 e. The van der Waals surface area contributed by atoms with Crippen molar-refractivity contribution in [1.82, 2.24) is 4.72 Å². The van der Waals surface area contributed by atoms with Crippen molar-refractivity contribution >= 4 is 27.6 Å². The third-order valence-electron chi connectivity index (χ3n) is 3.35. The molecule has 1 aliphatic carbocycles. The maximum atomic E-state index is 13.5. The maximum Gasteiger partial charge on any atom is 0.337 e. The van der Waals surface area contributed by atoms with Crippen molar-refractivity contribution in [2.75, 3.05) is 0 Å². The average molecular weight is 322 g/mol. The SMILES string of the molecule is CC1(C)CC1NS(=O)(=O)c1cc(F)c(Cl)c(C(=O)O)c1. The molecule has 1 atom stereocenters. The minimum absolute atomic E-state index is 0.145. The van der Waals surface area contributed by atoms with E-state index >= 15 is 0 Å². The number of rotatable bonds is 4. The van der Waals surface area contributed by atoms with Crippen molar-refractivity contribution in [2.45, 2.75) is 31.2 Å². The second-order valence-electron chi connectivity index (χ2n) is 5.44. The zero-order valence-electron chi connectivity index (χ0n) is 10.8. The van der Waals surface area contributed by atoms with E-state index in [1.54, 1.807) is 0 Å². The van der Waals surface area contributed by atoms with Gasteiger partial charge in [0.15, 0.2) is 0 Å². The zero-order valence-corrected chi connectivity index (χ0v) is 12.3. The molecule has 1 unspecified atom stereocenters. The number of nitrogens with one attached hydrogen (secondary N) is 1. The number of carboxylic acid groups (broad SMARTS) is 1. The molecular weight excluding hydrogens is 309 g/mol. The fraction of sp³-hybridized carbons (Fsp3) is 0.417. The second kappa shape index (κ2) is 4.68. The molecule has 0 bridgehead atoms. The van der Waals surface area contributed by atoms with E-state index in [-0.39, 0.29) is 11.5 Å². The smallest absolute Gasteiger partial charge is 0.337 e. The van der Waals surface area contributed by atoms with Crippen LogP contribution in [0.3, 0.4) is 0 Å². The summed E-state index contributed by atoms with van der Waals surface area (Å²) in [6.45, 7) is 3.79. The summed E-state index contributed by atoms with van der Waals surface area (Å²) >= 11 is 5.50. The van der Waals surface area contributed by atoms with Gasteiger partial charge in [0, 0.05) is 6.04 Å². The van der Waals surface area contributed by atoms with Crippen LogP contribution < -0.4 is 4.72 Å². The summed E-state index contributed by atoms with van der Waals surface area (Å²) in [6, 6.07) is 1.33. The van der Waals surface area contributed by atoms with Gasteiger partial charge in [0.05, 0.1) is 15.5 Å². The molecule has 0 radical (unpaired) electrons. The highest BCUT2D eigenvalue weighted by Gasteiger charge is 2.48. The van der Waals surface area contributed by atoms with Crippen molar-refractivity contribution < 1.29 is 22.7 Å². The first kappa shape index (κ1) is 15.2. The topological polar surface area (TPSA) is 83.5 Å². The van der Waals surface area contributed by atoms with E-state index in [2.05, 4.69) is 4.72 Å². The van der Waals surface area contributed by atoms with E-state index in [1.807, 2.05) is 13.8 Å². The number of hydrogen-bond acceptors (Lipinski definition) is 3. The van der Waals surface area contributed by atoms with Gasteiger partial charge in [0.2, 0.25) is 10.0 Å². The molecule has 110 valence electrons. The van der Waals surface area contributed by atoms with Crippen LogP contribution in [-0.2, 0) is 10.0 Å². The molecule has 2 rings (SSSR count). The maximum absolute atomic E-state index is 13.5. The summed E-state index contributed by atoms with van der Waals surface area (Å²) < 4.78 is 40.2. The molecule has 5 nitrogen and oxygen atoms in total. The Hall–Kier alpha value is -1.18. The molecule has 1 aromatic carbocycles. The molecule has 8 heteroatoms. The molecule has 1 fully saturated rings. The molecule has 0 spiro atoms. The fourth-order valence-corrected chi connectivity index (χ4v) is 3.43. The molecule has 1 saturated carbocycles. The Morgan fingerprint density at radius 1 is 1.50 bits per heavy atom.